The quantitative estimate of drug-likeness (QED) is 0.820. The first-order valence-electron chi connectivity index (χ1n) is 7.96. The van der Waals surface area contributed by atoms with E-state index in [2.05, 4.69) is 20.2 Å². The average Bonchev–Trinajstić information content (AvgIpc) is 2.55. The van der Waals surface area contributed by atoms with Gasteiger partial charge in [-0.15, -0.1) is 0 Å². The zero-order valence-electron chi connectivity index (χ0n) is 13.5. The summed E-state index contributed by atoms with van der Waals surface area (Å²) in [5, 5.41) is 3.39. The van der Waals surface area contributed by atoms with Crippen molar-refractivity contribution in [3.05, 3.63) is 36.0 Å². The van der Waals surface area contributed by atoms with Crippen LogP contribution < -0.4 is 11.1 Å². The molecule has 1 aromatic heterocycles. The van der Waals surface area contributed by atoms with Crippen LogP contribution >= 0.6 is 0 Å². The monoisotopic (exact) mass is 313 g/mol. The molecule has 23 heavy (non-hydrogen) atoms. The molecule has 0 aliphatic carbocycles. The molecule has 0 radical (unpaired) electrons. The highest BCUT2D eigenvalue weighted by Crippen LogP contribution is 2.20. The van der Waals surface area contributed by atoms with Gasteiger partial charge in [0.2, 0.25) is 0 Å². The Labute approximate surface area is 136 Å². The minimum Gasteiger partial charge on any atom is -0.399 e. The molecule has 1 aliphatic heterocycles. The Morgan fingerprint density at radius 3 is 2.83 bits per heavy atom. The van der Waals surface area contributed by atoms with Crippen LogP contribution in [0.2, 0.25) is 0 Å². The summed E-state index contributed by atoms with van der Waals surface area (Å²) in [6.07, 6.45) is 0. The van der Waals surface area contributed by atoms with E-state index < -0.39 is 0 Å². The van der Waals surface area contributed by atoms with E-state index in [-0.39, 0.29) is 0 Å². The molecule has 2 aromatic rings. The normalized spacial score (nSPS) is 15.5. The van der Waals surface area contributed by atoms with E-state index in [1.165, 1.54) is 0 Å². The summed E-state index contributed by atoms with van der Waals surface area (Å²) in [6.45, 7) is 7.47. The second kappa shape index (κ2) is 7.39. The van der Waals surface area contributed by atoms with E-state index in [4.69, 9.17) is 10.5 Å². The number of anilines is 2. The number of hydrogen-bond acceptors (Lipinski definition) is 6. The van der Waals surface area contributed by atoms with E-state index >= 15 is 0 Å². The predicted octanol–water partition coefficient (Wildman–Crippen LogP) is 1.78. The van der Waals surface area contributed by atoms with Crippen LogP contribution in [0.3, 0.4) is 0 Å². The molecule has 6 nitrogen and oxygen atoms in total. The molecule has 2 heterocycles. The first-order chi connectivity index (χ1) is 11.2. The Hall–Kier alpha value is -2.18. The van der Waals surface area contributed by atoms with Gasteiger partial charge in [0.25, 0.3) is 0 Å². The summed E-state index contributed by atoms with van der Waals surface area (Å²) in [4.78, 5) is 11.5. The molecule has 1 aliphatic rings. The van der Waals surface area contributed by atoms with Crippen LogP contribution in [-0.4, -0.2) is 54.3 Å². The number of nitrogen functional groups attached to an aromatic ring is 1. The number of morpholine rings is 1. The summed E-state index contributed by atoms with van der Waals surface area (Å²) in [6, 6.07) is 9.62. The summed E-state index contributed by atoms with van der Waals surface area (Å²) in [5.41, 5.74) is 8.44. The second-order valence-electron chi connectivity index (χ2n) is 5.72. The highest BCUT2D eigenvalue weighted by molar-refractivity contribution is 5.62. The Kier molecular flexibility index (Phi) is 5.05. The third-order valence-electron chi connectivity index (χ3n) is 3.84. The lowest BCUT2D eigenvalue weighted by atomic mass is 10.2. The predicted molar refractivity (Wildman–Crippen MR) is 92.4 cm³/mol. The molecule has 1 aromatic carbocycles. The minimum absolute atomic E-state index is 0.700. The summed E-state index contributed by atoms with van der Waals surface area (Å²) in [5.74, 6) is 1.55. The van der Waals surface area contributed by atoms with Crippen molar-refractivity contribution in [2.24, 2.45) is 0 Å². The van der Waals surface area contributed by atoms with E-state index in [0.717, 1.165) is 62.2 Å². The van der Waals surface area contributed by atoms with Crippen LogP contribution in [0, 0.1) is 6.92 Å². The SMILES string of the molecule is Cc1cc(NCCN2CCOCC2)nc(-c2cccc(N)c2)n1. The first-order valence-corrected chi connectivity index (χ1v) is 7.96. The molecule has 1 saturated heterocycles. The lowest BCUT2D eigenvalue weighted by Crippen LogP contribution is -2.39. The number of nitrogens with two attached hydrogens (primary N) is 1. The van der Waals surface area contributed by atoms with Crippen molar-refractivity contribution in [1.29, 1.82) is 0 Å². The van der Waals surface area contributed by atoms with Gasteiger partial charge in [0.1, 0.15) is 5.82 Å². The van der Waals surface area contributed by atoms with Crippen LogP contribution in [0.1, 0.15) is 5.69 Å². The van der Waals surface area contributed by atoms with Crippen molar-refractivity contribution in [3.63, 3.8) is 0 Å². The second-order valence-corrected chi connectivity index (χ2v) is 5.72. The number of ether oxygens (including phenoxy) is 1. The Morgan fingerprint density at radius 1 is 1.22 bits per heavy atom. The first kappa shape index (κ1) is 15.7. The summed E-state index contributed by atoms with van der Waals surface area (Å²) in [7, 11) is 0. The number of nitrogens with one attached hydrogen (secondary N) is 1. The molecule has 0 amide bonds. The molecule has 0 saturated carbocycles. The van der Waals surface area contributed by atoms with Crippen molar-refractivity contribution in [2.75, 3.05) is 50.4 Å². The standard InChI is InChI=1S/C17H23N5O/c1-13-11-16(19-5-6-22-7-9-23-10-8-22)21-17(20-13)14-3-2-4-15(18)12-14/h2-4,11-12H,5-10,18H2,1H3,(H,19,20,21). The maximum Gasteiger partial charge on any atom is 0.161 e. The number of aryl methyl sites for hydroxylation is 1. The van der Waals surface area contributed by atoms with Crippen LogP contribution in [0.5, 0.6) is 0 Å². The van der Waals surface area contributed by atoms with Gasteiger partial charge in [-0.05, 0) is 19.1 Å². The zero-order valence-corrected chi connectivity index (χ0v) is 13.5. The highest BCUT2D eigenvalue weighted by atomic mass is 16.5. The number of aromatic nitrogens is 2. The molecule has 0 unspecified atom stereocenters. The lowest BCUT2D eigenvalue weighted by molar-refractivity contribution is 0.0398. The van der Waals surface area contributed by atoms with Crippen LogP contribution in [0.25, 0.3) is 11.4 Å². The van der Waals surface area contributed by atoms with Gasteiger partial charge in [0.05, 0.1) is 13.2 Å². The summed E-state index contributed by atoms with van der Waals surface area (Å²) < 4.78 is 5.36. The van der Waals surface area contributed by atoms with E-state index in [0.29, 0.717) is 5.82 Å². The Morgan fingerprint density at radius 2 is 2.04 bits per heavy atom. The maximum atomic E-state index is 5.85. The van der Waals surface area contributed by atoms with E-state index in [1.807, 2.05) is 37.3 Å². The number of rotatable bonds is 5. The molecule has 0 bridgehead atoms. The van der Waals surface area contributed by atoms with Crippen LogP contribution in [-0.2, 0) is 4.74 Å². The van der Waals surface area contributed by atoms with Gasteiger partial charge >= 0.3 is 0 Å². The molecule has 3 rings (SSSR count). The molecule has 0 atom stereocenters. The molecule has 122 valence electrons. The topological polar surface area (TPSA) is 76.3 Å². The fraction of sp³-hybridized carbons (Fsp3) is 0.412. The summed E-state index contributed by atoms with van der Waals surface area (Å²) >= 11 is 0. The molecule has 3 N–H and O–H groups in total. The van der Waals surface area contributed by atoms with Gasteiger partial charge in [-0.25, -0.2) is 9.97 Å². The average molecular weight is 313 g/mol. The largest absolute Gasteiger partial charge is 0.399 e. The number of hydrogen-bond donors (Lipinski definition) is 2. The van der Waals surface area contributed by atoms with Crippen LogP contribution in [0.4, 0.5) is 11.5 Å². The van der Waals surface area contributed by atoms with E-state index in [1.54, 1.807) is 0 Å². The molecule has 6 heteroatoms. The Balaban J connectivity index is 1.65. The maximum absolute atomic E-state index is 5.85. The fourth-order valence-corrected chi connectivity index (χ4v) is 2.63. The highest BCUT2D eigenvalue weighted by Gasteiger charge is 2.10. The van der Waals surface area contributed by atoms with E-state index in [9.17, 15) is 0 Å². The fourth-order valence-electron chi connectivity index (χ4n) is 2.63. The third-order valence-corrected chi connectivity index (χ3v) is 3.84. The van der Waals surface area contributed by atoms with Crippen molar-refractivity contribution in [1.82, 2.24) is 14.9 Å². The molecular weight excluding hydrogens is 290 g/mol. The van der Waals surface area contributed by atoms with Gasteiger partial charge < -0.3 is 15.8 Å². The van der Waals surface area contributed by atoms with Gasteiger partial charge in [-0.3, -0.25) is 4.90 Å². The minimum atomic E-state index is 0.700. The van der Waals surface area contributed by atoms with Gasteiger partial charge in [-0.2, -0.15) is 0 Å². The van der Waals surface area contributed by atoms with Gasteiger partial charge in [-0.1, -0.05) is 12.1 Å². The molecular formula is C17H23N5O. The number of benzene rings is 1. The lowest BCUT2D eigenvalue weighted by Gasteiger charge is -2.26. The van der Waals surface area contributed by atoms with Gasteiger partial charge in [0.15, 0.2) is 5.82 Å². The molecule has 1 fully saturated rings. The zero-order chi connectivity index (χ0) is 16.1. The van der Waals surface area contributed by atoms with Crippen molar-refractivity contribution in [3.8, 4) is 11.4 Å². The smallest absolute Gasteiger partial charge is 0.161 e. The van der Waals surface area contributed by atoms with Crippen molar-refractivity contribution in [2.45, 2.75) is 6.92 Å². The Bertz CT molecular complexity index is 655. The third kappa shape index (κ3) is 4.40. The molecule has 0 spiro atoms. The van der Waals surface area contributed by atoms with Crippen molar-refractivity contribution >= 4 is 11.5 Å². The van der Waals surface area contributed by atoms with Crippen LogP contribution in [0.15, 0.2) is 30.3 Å². The van der Waals surface area contributed by atoms with Gasteiger partial charge in [0, 0.05) is 49.2 Å². The number of nitrogens with zero attached hydrogens (tertiary/aromatic N) is 3. The van der Waals surface area contributed by atoms with Crippen molar-refractivity contribution < 1.29 is 4.74 Å².